The number of carbonyl (C=O) groups excluding carboxylic acids is 3. The molecule has 2 heterocycles. The van der Waals surface area contributed by atoms with Crippen LogP contribution in [0, 0.1) is 5.92 Å². The van der Waals surface area contributed by atoms with Gasteiger partial charge >= 0.3 is 0 Å². The maximum absolute atomic E-state index is 12.9. The number of pyridine rings is 1. The quantitative estimate of drug-likeness (QED) is 0.693. The first kappa shape index (κ1) is 23.6. The molecule has 1 aromatic carbocycles. The summed E-state index contributed by atoms with van der Waals surface area (Å²) < 4.78 is 0. The van der Waals surface area contributed by atoms with Gasteiger partial charge in [-0.2, -0.15) is 0 Å². The highest BCUT2D eigenvalue weighted by Crippen LogP contribution is 2.19. The molecule has 1 aliphatic rings. The molecule has 0 saturated carbocycles. The van der Waals surface area contributed by atoms with Crippen molar-refractivity contribution in [1.82, 2.24) is 15.2 Å². The van der Waals surface area contributed by atoms with Crippen molar-refractivity contribution in [3.8, 4) is 11.3 Å². The number of benzene rings is 1. The molecule has 32 heavy (non-hydrogen) atoms. The second-order valence-corrected chi connectivity index (χ2v) is 8.81. The summed E-state index contributed by atoms with van der Waals surface area (Å²) in [6.07, 6.45) is 3.67. The fourth-order valence-corrected chi connectivity index (χ4v) is 3.94. The van der Waals surface area contributed by atoms with Gasteiger partial charge in [0.2, 0.25) is 11.8 Å². The average molecular weight is 437 g/mol. The minimum Gasteiger partial charge on any atom is -0.345 e. The number of aromatic nitrogens is 1. The highest BCUT2D eigenvalue weighted by Gasteiger charge is 2.29. The van der Waals surface area contributed by atoms with E-state index in [0.717, 1.165) is 16.8 Å². The first-order chi connectivity index (χ1) is 15.3. The zero-order valence-electron chi connectivity index (χ0n) is 18.8. The Hall–Kier alpha value is -3.06. The topological polar surface area (TPSA) is 105 Å². The Bertz CT molecular complexity index is 945. The molecule has 2 aromatic rings. The fourth-order valence-electron chi connectivity index (χ4n) is 3.94. The molecule has 1 saturated heterocycles. The molecule has 1 fully saturated rings. The standard InChI is InChI=1S/C25H32N4O3/c1-17(2)13-20(26)25(32)28-22-10-6-12-29(16-23(22)30)24(31)15-18-7-5-8-19(14-18)21-9-3-4-11-27-21/h3-5,7-9,11,14,17,20,22H,6,10,12-13,15-16,26H2,1-2H3,(H,28,32)/t20-,22-/m0/s1. The molecule has 2 amide bonds. The molecule has 7 nitrogen and oxygen atoms in total. The molecular weight excluding hydrogens is 404 g/mol. The van der Waals surface area contributed by atoms with Crippen LogP contribution in [0.4, 0.5) is 0 Å². The van der Waals surface area contributed by atoms with Gasteiger partial charge in [0.05, 0.1) is 30.7 Å². The summed E-state index contributed by atoms with van der Waals surface area (Å²) in [5.74, 6) is -0.253. The van der Waals surface area contributed by atoms with Crippen LogP contribution in [0.25, 0.3) is 11.3 Å². The third kappa shape index (κ3) is 6.47. The summed E-state index contributed by atoms with van der Waals surface area (Å²) in [5, 5.41) is 2.79. The van der Waals surface area contributed by atoms with E-state index in [1.165, 1.54) is 0 Å². The molecule has 0 spiro atoms. The van der Waals surface area contributed by atoms with Crippen LogP contribution in [0.5, 0.6) is 0 Å². The Morgan fingerprint density at radius 1 is 1.22 bits per heavy atom. The van der Waals surface area contributed by atoms with Gasteiger partial charge in [-0.15, -0.1) is 0 Å². The van der Waals surface area contributed by atoms with E-state index in [-0.39, 0.29) is 30.6 Å². The van der Waals surface area contributed by atoms with Gasteiger partial charge in [-0.1, -0.05) is 38.1 Å². The number of nitrogens with one attached hydrogen (secondary N) is 1. The summed E-state index contributed by atoms with van der Waals surface area (Å²) >= 11 is 0. The van der Waals surface area contributed by atoms with Gasteiger partial charge in [-0.05, 0) is 48.9 Å². The Balaban J connectivity index is 1.59. The number of likely N-dealkylation sites (tertiary alicyclic amines) is 1. The molecule has 0 aliphatic carbocycles. The summed E-state index contributed by atoms with van der Waals surface area (Å²) in [6.45, 7) is 4.50. The molecule has 1 aromatic heterocycles. The number of nitrogens with two attached hydrogens (primary N) is 1. The largest absolute Gasteiger partial charge is 0.345 e. The van der Waals surface area contributed by atoms with Crippen molar-refractivity contribution in [2.75, 3.05) is 13.1 Å². The van der Waals surface area contributed by atoms with Crippen molar-refractivity contribution < 1.29 is 14.4 Å². The number of rotatable bonds is 7. The van der Waals surface area contributed by atoms with Crippen molar-refractivity contribution >= 4 is 17.6 Å². The number of carbonyl (C=O) groups is 3. The third-order valence-electron chi connectivity index (χ3n) is 5.63. The molecular formula is C25H32N4O3. The lowest BCUT2D eigenvalue weighted by Crippen LogP contribution is -2.50. The van der Waals surface area contributed by atoms with Crippen LogP contribution < -0.4 is 11.1 Å². The summed E-state index contributed by atoms with van der Waals surface area (Å²) in [7, 11) is 0. The monoisotopic (exact) mass is 436 g/mol. The van der Waals surface area contributed by atoms with Crippen LogP contribution in [0.15, 0.2) is 48.7 Å². The predicted molar refractivity (Wildman–Crippen MR) is 124 cm³/mol. The number of ketones is 1. The molecule has 170 valence electrons. The van der Waals surface area contributed by atoms with Gasteiger partial charge in [-0.25, -0.2) is 0 Å². The Labute approximate surface area is 189 Å². The Morgan fingerprint density at radius 3 is 2.75 bits per heavy atom. The van der Waals surface area contributed by atoms with Crippen LogP contribution >= 0.6 is 0 Å². The molecule has 3 rings (SSSR count). The molecule has 3 N–H and O–H groups in total. The number of amides is 2. The zero-order valence-corrected chi connectivity index (χ0v) is 18.8. The fraction of sp³-hybridized carbons (Fsp3) is 0.440. The Kier molecular flexibility index (Phi) is 8.11. The van der Waals surface area contributed by atoms with E-state index < -0.39 is 12.1 Å². The molecule has 0 radical (unpaired) electrons. The van der Waals surface area contributed by atoms with Gasteiger partial charge in [0.1, 0.15) is 0 Å². The van der Waals surface area contributed by atoms with Crippen LogP contribution in [0.1, 0.15) is 38.7 Å². The number of hydrogen-bond acceptors (Lipinski definition) is 5. The lowest BCUT2D eigenvalue weighted by atomic mass is 10.0. The summed E-state index contributed by atoms with van der Waals surface area (Å²) in [4.78, 5) is 44.0. The second-order valence-electron chi connectivity index (χ2n) is 8.81. The van der Waals surface area contributed by atoms with Gasteiger partial charge in [0.25, 0.3) is 0 Å². The number of Topliss-reactive ketones (excluding diaryl/α,β-unsaturated/α-hetero) is 1. The first-order valence-corrected chi connectivity index (χ1v) is 11.2. The SMILES string of the molecule is CC(C)C[C@H](N)C(=O)N[C@H]1CCCN(C(=O)Cc2cccc(-c3ccccn3)c2)CC1=O. The van der Waals surface area contributed by atoms with Crippen LogP contribution in [-0.2, 0) is 20.8 Å². The van der Waals surface area contributed by atoms with E-state index in [9.17, 15) is 14.4 Å². The van der Waals surface area contributed by atoms with Crippen molar-refractivity contribution in [2.24, 2.45) is 11.7 Å². The minimum atomic E-state index is -0.629. The molecule has 2 atom stereocenters. The minimum absolute atomic E-state index is 0.00311. The first-order valence-electron chi connectivity index (χ1n) is 11.2. The maximum atomic E-state index is 12.9. The Morgan fingerprint density at radius 2 is 2.03 bits per heavy atom. The third-order valence-corrected chi connectivity index (χ3v) is 5.63. The molecule has 7 heteroatoms. The van der Waals surface area contributed by atoms with Crippen molar-refractivity contribution in [3.05, 3.63) is 54.2 Å². The van der Waals surface area contributed by atoms with Crippen LogP contribution in [0.3, 0.4) is 0 Å². The molecule has 0 unspecified atom stereocenters. The van der Waals surface area contributed by atoms with Crippen LogP contribution in [-0.4, -0.2) is 52.7 Å². The number of hydrogen-bond donors (Lipinski definition) is 2. The van der Waals surface area contributed by atoms with E-state index in [4.69, 9.17) is 5.73 Å². The van der Waals surface area contributed by atoms with Crippen molar-refractivity contribution in [3.63, 3.8) is 0 Å². The molecule has 1 aliphatic heterocycles. The van der Waals surface area contributed by atoms with Crippen LogP contribution in [0.2, 0.25) is 0 Å². The second kappa shape index (κ2) is 11.0. The van der Waals surface area contributed by atoms with E-state index in [1.807, 2.05) is 56.3 Å². The van der Waals surface area contributed by atoms with E-state index in [0.29, 0.717) is 31.7 Å². The maximum Gasteiger partial charge on any atom is 0.237 e. The zero-order chi connectivity index (χ0) is 23.1. The van der Waals surface area contributed by atoms with Crippen molar-refractivity contribution in [2.45, 2.75) is 51.6 Å². The van der Waals surface area contributed by atoms with E-state index in [1.54, 1.807) is 11.1 Å². The van der Waals surface area contributed by atoms with Gasteiger partial charge in [0, 0.05) is 18.3 Å². The lowest BCUT2D eigenvalue weighted by Gasteiger charge is -2.21. The van der Waals surface area contributed by atoms with E-state index >= 15 is 0 Å². The normalized spacial score (nSPS) is 17.7. The van der Waals surface area contributed by atoms with Gasteiger partial charge < -0.3 is 16.0 Å². The predicted octanol–water partition coefficient (Wildman–Crippen LogP) is 2.34. The summed E-state index contributed by atoms with van der Waals surface area (Å²) in [6, 6.07) is 12.2. The highest BCUT2D eigenvalue weighted by molar-refractivity contribution is 5.94. The average Bonchev–Trinajstić information content (AvgIpc) is 2.95. The number of nitrogens with zero attached hydrogens (tertiary/aromatic N) is 2. The van der Waals surface area contributed by atoms with Gasteiger partial charge in [-0.3, -0.25) is 19.4 Å². The summed E-state index contributed by atoms with van der Waals surface area (Å²) in [5.41, 5.74) is 8.61. The van der Waals surface area contributed by atoms with Crippen molar-refractivity contribution in [1.29, 1.82) is 0 Å². The smallest absolute Gasteiger partial charge is 0.237 e. The molecule has 0 bridgehead atoms. The highest BCUT2D eigenvalue weighted by atomic mass is 16.2. The van der Waals surface area contributed by atoms with E-state index in [2.05, 4.69) is 10.3 Å². The van der Waals surface area contributed by atoms with Gasteiger partial charge in [0.15, 0.2) is 5.78 Å². The lowest BCUT2D eigenvalue weighted by molar-refractivity contribution is -0.135.